The SMILES string of the molecule is COc1ccc(Cl)cc1C(O)c1cc(Br)c2c(c1)OCO2. The fourth-order valence-corrected chi connectivity index (χ4v) is 3.00. The number of aliphatic hydroxyl groups excluding tert-OH is 1. The van der Waals surface area contributed by atoms with E-state index >= 15 is 0 Å². The molecule has 2 aromatic rings. The molecule has 0 aromatic heterocycles. The Balaban J connectivity index is 2.05. The Bertz CT molecular complexity index is 690. The van der Waals surface area contributed by atoms with Crippen molar-refractivity contribution >= 4 is 27.5 Å². The highest BCUT2D eigenvalue weighted by atomic mass is 79.9. The van der Waals surface area contributed by atoms with Crippen LogP contribution in [0, 0.1) is 0 Å². The fourth-order valence-electron chi connectivity index (χ4n) is 2.24. The van der Waals surface area contributed by atoms with Gasteiger partial charge in [0.2, 0.25) is 6.79 Å². The molecule has 0 amide bonds. The van der Waals surface area contributed by atoms with E-state index in [9.17, 15) is 5.11 Å². The minimum atomic E-state index is -0.885. The summed E-state index contributed by atoms with van der Waals surface area (Å²) in [5.41, 5.74) is 1.25. The van der Waals surface area contributed by atoms with Gasteiger partial charge < -0.3 is 19.3 Å². The molecule has 2 aromatic carbocycles. The van der Waals surface area contributed by atoms with Crippen LogP contribution in [0.15, 0.2) is 34.8 Å². The van der Waals surface area contributed by atoms with Crippen LogP contribution < -0.4 is 14.2 Å². The Morgan fingerprint density at radius 3 is 2.86 bits per heavy atom. The van der Waals surface area contributed by atoms with Gasteiger partial charge in [-0.25, -0.2) is 0 Å². The first kappa shape index (κ1) is 14.5. The van der Waals surface area contributed by atoms with Crippen molar-refractivity contribution in [3.8, 4) is 17.2 Å². The second-order valence-electron chi connectivity index (χ2n) is 4.53. The summed E-state index contributed by atoms with van der Waals surface area (Å²) < 4.78 is 16.7. The number of benzene rings is 2. The lowest BCUT2D eigenvalue weighted by Gasteiger charge is -2.16. The number of hydrogen-bond donors (Lipinski definition) is 1. The predicted molar refractivity (Wildman–Crippen MR) is 82.3 cm³/mol. The van der Waals surface area contributed by atoms with Gasteiger partial charge in [0.1, 0.15) is 11.9 Å². The normalized spacial score (nSPS) is 14.1. The third-order valence-corrected chi connectivity index (χ3v) is 4.08. The molecule has 0 spiro atoms. The van der Waals surface area contributed by atoms with Gasteiger partial charge >= 0.3 is 0 Å². The molecule has 0 bridgehead atoms. The number of aliphatic hydroxyl groups is 1. The van der Waals surface area contributed by atoms with Crippen LogP contribution in [-0.2, 0) is 0 Å². The number of halogens is 2. The molecule has 1 atom stereocenters. The van der Waals surface area contributed by atoms with E-state index in [0.29, 0.717) is 33.4 Å². The molecule has 1 aliphatic heterocycles. The Labute approximate surface area is 135 Å². The molecule has 1 heterocycles. The standard InChI is InChI=1S/C15H12BrClO4/c1-19-12-3-2-9(17)6-10(12)14(18)8-4-11(16)15-13(5-8)20-7-21-15/h2-6,14,18H,7H2,1H3. The van der Waals surface area contributed by atoms with E-state index < -0.39 is 6.10 Å². The third-order valence-electron chi connectivity index (χ3n) is 3.25. The molecule has 3 rings (SSSR count). The number of hydrogen-bond acceptors (Lipinski definition) is 4. The molecule has 6 heteroatoms. The summed E-state index contributed by atoms with van der Waals surface area (Å²) in [4.78, 5) is 0. The molecule has 1 unspecified atom stereocenters. The topological polar surface area (TPSA) is 47.9 Å². The maximum absolute atomic E-state index is 10.6. The Morgan fingerprint density at radius 2 is 2.10 bits per heavy atom. The number of methoxy groups -OCH3 is 1. The van der Waals surface area contributed by atoms with Crippen molar-refractivity contribution in [3.05, 3.63) is 51.0 Å². The zero-order valence-electron chi connectivity index (χ0n) is 11.1. The van der Waals surface area contributed by atoms with E-state index in [1.807, 2.05) is 0 Å². The third kappa shape index (κ3) is 2.69. The van der Waals surface area contributed by atoms with Gasteiger partial charge in [-0.1, -0.05) is 11.6 Å². The predicted octanol–water partition coefficient (Wildman–Crippen LogP) is 3.92. The molecule has 0 radical (unpaired) electrons. The Kier molecular flexibility index (Phi) is 3.97. The van der Waals surface area contributed by atoms with Crippen LogP contribution in [0.5, 0.6) is 17.2 Å². The van der Waals surface area contributed by atoms with Gasteiger partial charge in [0.05, 0.1) is 11.6 Å². The zero-order valence-corrected chi connectivity index (χ0v) is 13.4. The first-order chi connectivity index (χ1) is 10.1. The van der Waals surface area contributed by atoms with Gasteiger partial charge in [0.25, 0.3) is 0 Å². The van der Waals surface area contributed by atoms with Crippen LogP contribution >= 0.6 is 27.5 Å². The highest BCUT2D eigenvalue weighted by Gasteiger charge is 2.23. The van der Waals surface area contributed by atoms with Gasteiger partial charge in [-0.2, -0.15) is 0 Å². The van der Waals surface area contributed by atoms with E-state index in [0.717, 1.165) is 4.47 Å². The molecule has 110 valence electrons. The van der Waals surface area contributed by atoms with E-state index in [1.54, 1.807) is 37.4 Å². The molecule has 0 saturated carbocycles. The molecule has 1 N–H and O–H groups in total. The summed E-state index contributed by atoms with van der Waals surface area (Å²) in [7, 11) is 1.55. The second-order valence-corrected chi connectivity index (χ2v) is 5.82. The van der Waals surface area contributed by atoms with E-state index in [1.165, 1.54) is 0 Å². The highest BCUT2D eigenvalue weighted by Crippen LogP contribution is 2.43. The number of fused-ring (bicyclic) bond motifs is 1. The van der Waals surface area contributed by atoms with Crippen molar-refractivity contribution in [2.45, 2.75) is 6.10 Å². The van der Waals surface area contributed by atoms with Crippen LogP contribution in [-0.4, -0.2) is 19.0 Å². The van der Waals surface area contributed by atoms with Gasteiger partial charge in [0, 0.05) is 10.6 Å². The molecule has 0 saturated heterocycles. The van der Waals surface area contributed by atoms with Crippen LogP contribution in [0.2, 0.25) is 5.02 Å². The molecule has 21 heavy (non-hydrogen) atoms. The summed E-state index contributed by atoms with van der Waals surface area (Å²) in [5.74, 6) is 1.81. The summed E-state index contributed by atoms with van der Waals surface area (Å²) in [5, 5.41) is 11.2. The van der Waals surface area contributed by atoms with Crippen molar-refractivity contribution < 1.29 is 19.3 Å². The van der Waals surface area contributed by atoms with Crippen molar-refractivity contribution in [3.63, 3.8) is 0 Å². The second kappa shape index (κ2) is 5.75. The molecule has 4 nitrogen and oxygen atoms in total. The molecular formula is C15H12BrClO4. The van der Waals surface area contributed by atoms with Crippen LogP contribution in [0.25, 0.3) is 0 Å². The van der Waals surface area contributed by atoms with Crippen molar-refractivity contribution in [1.29, 1.82) is 0 Å². The van der Waals surface area contributed by atoms with Crippen LogP contribution in [0.1, 0.15) is 17.2 Å². The molecule has 0 fully saturated rings. The lowest BCUT2D eigenvalue weighted by molar-refractivity contribution is 0.173. The Hall–Kier alpha value is -1.43. The Morgan fingerprint density at radius 1 is 1.29 bits per heavy atom. The van der Waals surface area contributed by atoms with Gasteiger partial charge in [-0.3, -0.25) is 0 Å². The van der Waals surface area contributed by atoms with Crippen LogP contribution in [0.3, 0.4) is 0 Å². The first-order valence-electron chi connectivity index (χ1n) is 6.20. The van der Waals surface area contributed by atoms with Crippen molar-refractivity contribution in [2.24, 2.45) is 0 Å². The van der Waals surface area contributed by atoms with Gasteiger partial charge in [-0.05, 0) is 51.8 Å². The summed E-state index contributed by atoms with van der Waals surface area (Å²) >= 11 is 9.43. The lowest BCUT2D eigenvalue weighted by atomic mass is 10.00. The quantitative estimate of drug-likeness (QED) is 0.888. The van der Waals surface area contributed by atoms with Gasteiger partial charge in [0.15, 0.2) is 11.5 Å². The maximum atomic E-state index is 10.6. The number of ether oxygens (including phenoxy) is 3. The lowest BCUT2D eigenvalue weighted by Crippen LogP contribution is -2.03. The van der Waals surface area contributed by atoms with E-state index in [-0.39, 0.29) is 6.79 Å². The first-order valence-corrected chi connectivity index (χ1v) is 7.38. The summed E-state index contributed by atoms with van der Waals surface area (Å²) in [6.45, 7) is 0.175. The summed E-state index contributed by atoms with van der Waals surface area (Å²) in [6.07, 6.45) is -0.885. The maximum Gasteiger partial charge on any atom is 0.231 e. The zero-order chi connectivity index (χ0) is 15.0. The fraction of sp³-hybridized carbons (Fsp3) is 0.200. The largest absolute Gasteiger partial charge is 0.496 e. The van der Waals surface area contributed by atoms with Crippen molar-refractivity contribution in [2.75, 3.05) is 13.9 Å². The molecular weight excluding hydrogens is 360 g/mol. The van der Waals surface area contributed by atoms with Gasteiger partial charge in [-0.15, -0.1) is 0 Å². The smallest absolute Gasteiger partial charge is 0.231 e. The average molecular weight is 372 g/mol. The number of rotatable bonds is 3. The van der Waals surface area contributed by atoms with Crippen LogP contribution in [0.4, 0.5) is 0 Å². The summed E-state index contributed by atoms with van der Waals surface area (Å²) in [6, 6.07) is 8.66. The molecule has 0 aliphatic carbocycles. The monoisotopic (exact) mass is 370 g/mol. The average Bonchev–Trinajstić information content (AvgIpc) is 2.95. The highest BCUT2D eigenvalue weighted by molar-refractivity contribution is 9.10. The van der Waals surface area contributed by atoms with E-state index in [4.69, 9.17) is 25.8 Å². The van der Waals surface area contributed by atoms with Crippen molar-refractivity contribution in [1.82, 2.24) is 0 Å². The minimum Gasteiger partial charge on any atom is -0.496 e. The minimum absolute atomic E-state index is 0.175. The van der Waals surface area contributed by atoms with E-state index in [2.05, 4.69) is 15.9 Å². The molecule has 1 aliphatic rings.